The lowest BCUT2D eigenvalue weighted by Crippen LogP contribution is -2.09. The number of benzene rings is 1. The fourth-order valence-corrected chi connectivity index (χ4v) is 3.76. The molecule has 4 nitrogen and oxygen atoms in total. The first kappa shape index (κ1) is 14.0. The number of H-pyrrole nitrogens is 1. The molecule has 0 aliphatic carbocycles. The molecule has 0 radical (unpaired) electrons. The van der Waals surface area contributed by atoms with Crippen molar-refractivity contribution in [1.82, 2.24) is 9.97 Å². The highest BCUT2D eigenvalue weighted by molar-refractivity contribution is 7.13. The Morgan fingerprint density at radius 3 is 2.87 bits per heavy atom. The maximum Gasteiger partial charge on any atom is 0.201 e. The van der Waals surface area contributed by atoms with Crippen LogP contribution in [0.4, 0.5) is 0 Å². The number of aromatic nitrogens is 2. The maximum atomic E-state index is 13.1. The SMILES string of the molecule is COc1c(C)c2cccnc2c2[nH]cc(-c3cccs3)c(=O)c12. The van der Waals surface area contributed by atoms with Gasteiger partial charge >= 0.3 is 0 Å². The van der Waals surface area contributed by atoms with Gasteiger partial charge in [0, 0.05) is 28.2 Å². The summed E-state index contributed by atoms with van der Waals surface area (Å²) in [5.74, 6) is 0.611. The number of pyridine rings is 2. The van der Waals surface area contributed by atoms with Crippen molar-refractivity contribution in [2.75, 3.05) is 7.11 Å². The number of ether oxygens (including phenoxy) is 1. The Bertz CT molecular complexity index is 1080. The number of rotatable bonds is 2. The van der Waals surface area contributed by atoms with E-state index in [-0.39, 0.29) is 5.43 Å². The van der Waals surface area contributed by atoms with Crippen molar-refractivity contribution >= 4 is 33.1 Å². The van der Waals surface area contributed by atoms with Crippen LogP contribution in [-0.4, -0.2) is 17.1 Å². The van der Waals surface area contributed by atoms with Gasteiger partial charge in [0.1, 0.15) is 5.75 Å². The summed E-state index contributed by atoms with van der Waals surface area (Å²) in [6, 6.07) is 7.76. The fourth-order valence-electron chi connectivity index (χ4n) is 3.02. The Labute approximate surface area is 136 Å². The van der Waals surface area contributed by atoms with Crippen molar-refractivity contribution in [1.29, 1.82) is 0 Å². The number of hydrogen-bond acceptors (Lipinski definition) is 4. The van der Waals surface area contributed by atoms with Gasteiger partial charge in [0.25, 0.3) is 0 Å². The molecule has 3 aromatic heterocycles. The van der Waals surface area contributed by atoms with Crippen LogP contribution in [0.5, 0.6) is 5.75 Å². The molecule has 0 aliphatic heterocycles. The molecule has 5 heteroatoms. The second kappa shape index (κ2) is 5.21. The minimum absolute atomic E-state index is 0.0336. The van der Waals surface area contributed by atoms with E-state index in [2.05, 4.69) is 9.97 Å². The third-order valence-electron chi connectivity index (χ3n) is 4.09. The van der Waals surface area contributed by atoms with Crippen LogP contribution in [0.2, 0.25) is 0 Å². The monoisotopic (exact) mass is 322 g/mol. The highest BCUT2D eigenvalue weighted by Gasteiger charge is 2.18. The predicted octanol–water partition coefficient (Wildman–Crippen LogP) is 4.12. The summed E-state index contributed by atoms with van der Waals surface area (Å²) in [6.07, 6.45) is 3.50. The number of aryl methyl sites for hydroxylation is 1. The molecule has 0 aliphatic rings. The molecule has 0 saturated carbocycles. The second-order valence-electron chi connectivity index (χ2n) is 5.32. The first-order chi connectivity index (χ1) is 11.2. The van der Waals surface area contributed by atoms with Gasteiger partial charge < -0.3 is 9.72 Å². The average Bonchev–Trinajstić information content (AvgIpc) is 3.10. The lowest BCUT2D eigenvalue weighted by atomic mass is 10.0. The van der Waals surface area contributed by atoms with E-state index >= 15 is 0 Å². The molecule has 0 atom stereocenters. The third-order valence-corrected chi connectivity index (χ3v) is 4.99. The van der Waals surface area contributed by atoms with Crippen LogP contribution in [-0.2, 0) is 0 Å². The number of nitrogens with zero attached hydrogens (tertiary/aromatic N) is 1. The van der Waals surface area contributed by atoms with Crippen molar-refractivity contribution in [3.05, 3.63) is 57.8 Å². The molecule has 4 aromatic rings. The molecule has 0 spiro atoms. The van der Waals surface area contributed by atoms with Crippen molar-refractivity contribution in [3.8, 4) is 16.2 Å². The summed E-state index contributed by atoms with van der Waals surface area (Å²) in [5.41, 5.74) is 3.05. The van der Waals surface area contributed by atoms with Crippen LogP contribution in [0.3, 0.4) is 0 Å². The number of fused-ring (bicyclic) bond motifs is 3. The van der Waals surface area contributed by atoms with Gasteiger partial charge in [-0.05, 0) is 24.4 Å². The van der Waals surface area contributed by atoms with E-state index in [9.17, 15) is 4.79 Å². The first-order valence-electron chi connectivity index (χ1n) is 7.23. The molecule has 1 N–H and O–H groups in total. The van der Waals surface area contributed by atoms with E-state index in [1.807, 2.05) is 36.6 Å². The predicted molar refractivity (Wildman–Crippen MR) is 94.5 cm³/mol. The smallest absolute Gasteiger partial charge is 0.201 e. The molecule has 114 valence electrons. The van der Waals surface area contributed by atoms with Crippen LogP contribution in [0.25, 0.3) is 32.2 Å². The number of hydrogen-bond donors (Lipinski definition) is 1. The van der Waals surface area contributed by atoms with Gasteiger partial charge in [0.2, 0.25) is 5.43 Å². The normalized spacial score (nSPS) is 11.2. The molecule has 23 heavy (non-hydrogen) atoms. The second-order valence-corrected chi connectivity index (χ2v) is 6.26. The van der Waals surface area contributed by atoms with Gasteiger partial charge in [-0.3, -0.25) is 9.78 Å². The zero-order chi connectivity index (χ0) is 16.0. The molecule has 0 unspecified atom stereocenters. The van der Waals surface area contributed by atoms with E-state index in [1.165, 1.54) is 0 Å². The van der Waals surface area contributed by atoms with Gasteiger partial charge in [-0.25, -0.2) is 0 Å². The van der Waals surface area contributed by atoms with Crippen molar-refractivity contribution < 1.29 is 4.74 Å². The summed E-state index contributed by atoms with van der Waals surface area (Å²) in [4.78, 5) is 21.7. The first-order valence-corrected chi connectivity index (χ1v) is 8.11. The topological polar surface area (TPSA) is 55.0 Å². The lowest BCUT2D eigenvalue weighted by Gasteiger charge is -2.13. The standard InChI is InChI=1S/C18H14N2O2S/c1-10-11-5-3-7-19-15(11)16-14(18(10)22-2)17(21)12(9-20-16)13-6-4-8-23-13/h3-9H,1-2H3,(H,20,21). The van der Waals surface area contributed by atoms with Gasteiger partial charge in [0.15, 0.2) is 0 Å². The largest absolute Gasteiger partial charge is 0.496 e. The highest BCUT2D eigenvalue weighted by atomic mass is 32.1. The highest BCUT2D eigenvalue weighted by Crippen LogP contribution is 2.35. The van der Waals surface area contributed by atoms with E-state index in [4.69, 9.17) is 4.74 Å². The average molecular weight is 322 g/mol. The quantitative estimate of drug-likeness (QED) is 0.565. The summed E-state index contributed by atoms with van der Waals surface area (Å²) in [7, 11) is 1.60. The molecule has 4 rings (SSSR count). The Morgan fingerprint density at radius 2 is 2.13 bits per heavy atom. The molecule has 0 amide bonds. The summed E-state index contributed by atoms with van der Waals surface area (Å²) >= 11 is 1.54. The molecule has 0 bridgehead atoms. The molecule has 1 aromatic carbocycles. The van der Waals surface area contributed by atoms with E-state index in [1.54, 1.807) is 30.8 Å². The van der Waals surface area contributed by atoms with E-state index in [0.29, 0.717) is 22.2 Å². The van der Waals surface area contributed by atoms with Crippen LogP contribution in [0.1, 0.15) is 5.56 Å². The van der Waals surface area contributed by atoms with Gasteiger partial charge in [-0.1, -0.05) is 12.1 Å². The number of methoxy groups -OCH3 is 1. The Morgan fingerprint density at radius 1 is 1.26 bits per heavy atom. The summed E-state index contributed by atoms with van der Waals surface area (Å²) in [5, 5.41) is 3.50. The van der Waals surface area contributed by atoms with Crippen molar-refractivity contribution in [2.24, 2.45) is 0 Å². The van der Waals surface area contributed by atoms with Gasteiger partial charge in [0.05, 0.1) is 29.1 Å². The van der Waals surface area contributed by atoms with Gasteiger partial charge in [-0.2, -0.15) is 0 Å². The Kier molecular flexibility index (Phi) is 3.16. The molecule has 0 fully saturated rings. The van der Waals surface area contributed by atoms with Crippen molar-refractivity contribution in [3.63, 3.8) is 0 Å². The fraction of sp³-hybridized carbons (Fsp3) is 0.111. The molecular formula is C18H14N2O2S. The van der Waals surface area contributed by atoms with E-state index < -0.39 is 0 Å². The van der Waals surface area contributed by atoms with Crippen LogP contribution in [0, 0.1) is 6.92 Å². The zero-order valence-corrected chi connectivity index (χ0v) is 13.5. The maximum absolute atomic E-state index is 13.1. The Balaban J connectivity index is 2.23. The Hall–Kier alpha value is -2.66. The molecule has 0 saturated heterocycles. The van der Waals surface area contributed by atoms with Crippen molar-refractivity contribution in [2.45, 2.75) is 6.92 Å². The minimum atomic E-state index is -0.0336. The number of nitrogens with one attached hydrogen (secondary N) is 1. The van der Waals surface area contributed by atoms with Crippen LogP contribution >= 0.6 is 11.3 Å². The van der Waals surface area contributed by atoms with Crippen LogP contribution in [0.15, 0.2) is 46.8 Å². The lowest BCUT2D eigenvalue weighted by molar-refractivity contribution is 0.417. The van der Waals surface area contributed by atoms with Crippen LogP contribution < -0.4 is 10.2 Å². The third kappa shape index (κ3) is 1.97. The zero-order valence-electron chi connectivity index (χ0n) is 12.7. The number of aromatic amines is 1. The van der Waals surface area contributed by atoms with Gasteiger partial charge in [-0.15, -0.1) is 11.3 Å². The van der Waals surface area contributed by atoms with E-state index in [0.717, 1.165) is 21.3 Å². The molecular weight excluding hydrogens is 308 g/mol. The summed E-state index contributed by atoms with van der Waals surface area (Å²) in [6.45, 7) is 1.96. The number of thiophene rings is 1. The molecule has 3 heterocycles. The summed E-state index contributed by atoms with van der Waals surface area (Å²) < 4.78 is 5.58. The minimum Gasteiger partial charge on any atom is -0.496 e.